The maximum atomic E-state index is 14.5. The number of ketones is 1. The Morgan fingerprint density at radius 3 is 0.632 bits per heavy atom. The zero-order valence-electron chi connectivity index (χ0n) is 30.7. The molecule has 0 N–H and O–H groups in total. The van der Waals surface area contributed by atoms with Crippen LogP contribution in [0.5, 0.6) is 0 Å². The van der Waals surface area contributed by atoms with Crippen molar-refractivity contribution in [3.8, 4) is 0 Å². The summed E-state index contributed by atoms with van der Waals surface area (Å²) in [6, 6.07) is -1.70. The van der Waals surface area contributed by atoms with Crippen molar-refractivity contribution in [1.82, 2.24) is 0 Å². The molecule has 68 heavy (non-hydrogen) atoms. The molecule has 0 bridgehead atoms. The molecular weight excluding hydrogens is 1060 g/mol. The largest absolute Gasteiger partial charge is 0.460 e. The van der Waals surface area contributed by atoms with E-state index in [4.69, 9.17) is 0 Å². The Hall–Kier alpha value is -4.79. The monoisotopic (exact) mass is 1070 g/mol. The SMILES string of the molecule is O=C(/C=C/c1ccc(C(F)(F)C(F)(F)C(F)(F)C(F)(F)C(F)(F)C(F)(F)C(F)(F)C(F)(F)F)cc1)/C=C/c1ccc(C(F)(F)C(F)(F)C(F)(F)C(F)(F)C(F)(F)C(F)(F)C(F)(F)C(F)(F)F)cc1. The lowest BCUT2D eigenvalue weighted by Crippen LogP contribution is -2.74. The number of rotatable bonds is 18. The van der Waals surface area contributed by atoms with Crippen LogP contribution in [0.3, 0.4) is 0 Å². The van der Waals surface area contributed by atoms with E-state index in [2.05, 4.69) is 0 Å². The maximum absolute atomic E-state index is 14.5. The molecule has 0 aliphatic rings. The predicted molar refractivity (Wildman–Crippen MR) is 155 cm³/mol. The first-order chi connectivity index (χ1) is 29.6. The van der Waals surface area contributed by atoms with Crippen molar-refractivity contribution in [3.63, 3.8) is 0 Å². The average Bonchev–Trinajstić information content (AvgIpc) is 3.17. The van der Waals surface area contributed by atoms with E-state index in [0.717, 1.165) is 0 Å². The number of allylic oxidation sites excluding steroid dienone is 2. The number of carbonyl (C=O) groups excluding carboxylic acids is 1. The van der Waals surface area contributed by atoms with Crippen molar-refractivity contribution < 1.29 is 154 Å². The van der Waals surface area contributed by atoms with E-state index in [0.29, 0.717) is 12.2 Å². The topological polar surface area (TPSA) is 17.1 Å². The number of halogens is 34. The van der Waals surface area contributed by atoms with Crippen molar-refractivity contribution >= 4 is 17.9 Å². The van der Waals surface area contributed by atoms with Crippen LogP contribution in [0.15, 0.2) is 60.7 Å². The first-order valence-electron chi connectivity index (χ1n) is 16.1. The van der Waals surface area contributed by atoms with Crippen LogP contribution in [-0.2, 0) is 16.6 Å². The molecule has 0 atom stereocenters. The van der Waals surface area contributed by atoms with E-state index in [-0.39, 0.29) is 36.4 Å². The highest BCUT2D eigenvalue weighted by Gasteiger charge is 2.97. The molecule has 0 fully saturated rings. The Balaban J connectivity index is 2.37. The fourth-order valence-corrected chi connectivity index (χ4v) is 4.71. The fraction of sp³-hybridized carbons (Fsp3) is 0.485. The van der Waals surface area contributed by atoms with E-state index < -0.39 is 148 Å². The van der Waals surface area contributed by atoms with Gasteiger partial charge >= 0.3 is 95.3 Å². The third kappa shape index (κ3) is 8.33. The molecule has 0 heterocycles. The molecule has 0 amide bonds. The molecule has 0 unspecified atom stereocenters. The van der Waals surface area contributed by atoms with E-state index in [1.165, 1.54) is 0 Å². The number of carbonyl (C=O) groups is 1. The molecule has 0 saturated heterocycles. The summed E-state index contributed by atoms with van der Waals surface area (Å²) in [4.78, 5) is 12.1. The number of benzene rings is 2. The van der Waals surface area contributed by atoms with Gasteiger partial charge in [-0.3, -0.25) is 4.79 Å². The molecule has 0 radical (unpaired) electrons. The van der Waals surface area contributed by atoms with Gasteiger partial charge in [0.15, 0.2) is 5.78 Å². The Kier molecular flexibility index (Phi) is 14.6. The van der Waals surface area contributed by atoms with Crippen LogP contribution in [0.1, 0.15) is 22.3 Å². The smallest absolute Gasteiger partial charge is 0.290 e. The Labute approximate surface area is 351 Å². The molecule has 388 valence electrons. The van der Waals surface area contributed by atoms with Crippen molar-refractivity contribution in [2.24, 2.45) is 0 Å². The minimum absolute atomic E-state index is 0.0499. The van der Waals surface area contributed by atoms with Crippen molar-refractivity contribution in [2.75, 3.05) is 0 Å². The van der Waals surface area contributed by atoms with Crippen LogP contribution in [0.4, 0.5) is 149 Å². The second kappa shape index (κ2) is 16.7. The van der Waals surface area contributed by atoms with Crippen LogP contribution < -0.4 is 0 Å². The Bertz CT molecular complexity index is 2030. The van der Waals surface area contributed by atoms with Gasteiger partial charge in [-0.2, -0.15) is 149 Å². The van der Waals surface area contributed by atoms with Crippen LogP contribution in [0.25, 0.3) is 12.2 Å². The van der Waals surface area contributed by atoms with Gasteiger partial charge in [-0.25, -0.2) is 0 Å². The highest BCUT2D eigenvalue weighted by Crippen LogP contribution is 2.67. The van der Waals surface area contributed by atoms with Gasteiger partial charge in [-0.05, 0) is 23.3 Å². The van der Waals surface area contributed by atoms with Gasteiger partial charge in [0, 0.05) is 11.1 Å². The standard InChI is InChI=1S/C33H12F34O/c34-18(35,20(38,39)22(42,43)24(46,47)26(50,51)28(54,55)30(58,59)32(62,63)64)15-7-1-13(2-8-15)5-11-17(68)12-6-14-3-9-16(10-4-14)19(36,37)21(40,41)23(44,45)25(48,49)27(52,53)29(56,57)31(60,61)33(65,66)67/h1-12H/b11-5+,12-6+. The first-order valence-corrected chi connectivity index (χ1v) is 16.1. The Morgan fingerprint density at radius 2 is 0.441 bits per heavy atom. The molecular formula is C33H12F34O. The zero-order valence-corrected chi connectivity index (χ0v) is 30.7. The van der Waals surface area contributed by atoms with Crippen LogP contribution in [0, 0.1) is 0 Å². The lowest BCUT2D eigenvalue weighted by molar-refractivity contribution is -0.462. The lowest BCUT2D eigenvalue weighted by atomic mass is 9.87. The summed E-state index contributed by atoms with van der Waals surface area (Å²) in [5.41, 5.74) is -6.77. The van der Waals surface area contributed by atoms with Gasteiger partial charge < -0.3 is 0 Å². The highest BCUT2D eigenvalue weighted by molar-refractivity contribution is 6.04. The summed E-state index contributed by atoms with van der Waals surface area (Å²) in [6.45, 7) is 0. The third-order valence-corrected chi connectivity index (χ3v) is 8.87. The van der Waals surface area contributed by atoms with Crippen LogP contribution >= 0.6 is 0 Å². The summed E-state index contributed by atoms with van der Waals surface area (Å²) >= 11 is 0. The third-order valence-electron chi connectivity index (χ3n) is 8.87. The minimum atomic E-state index is -8.89. The number of hydrogen-bond acceptors (Lipinski definition) is 1. The first kappa shape index (κ1) is 59.3. The molecule has 2 aromatic rings. The van der Waals surface area contributed by atoms with Crippen LogP contribution in [0.2, 0.25) is 0 Å². The van der Waals surface area contributed by atoms with Crippen molar-refractivity contribution in [1.29, 1.82) is 0 Å². The van der Waals surface area contributed by atoms with Crippen LogP contribution in [-0.4, -0.2) is 89.2 Å². The number of hydrogen-bond donors (Lipinski definition) is 0. The van der Waals surface area contributed by atoms with Gasteiger partial charge in [0.1, 0.15) is 0 Å². The second-order valence-electron chi connectivity index (χ2n) is 13.4. The summed E-state index contributed by atoms with van der Waals surface area (Å²) in [7, 11) is 0. The summed E-state index contributed by atoms with van der Waals surface area (Å²) in [5.74, 6) is -119. The molecule has 2 rings (SSSR count). The number of alkyl halides is 34. The predicted octanol–water partition coefficient (Wildman–Crippen LogP) is 14.9. The van der Waals surface area contributed by atoms with Gasteiger partial charge in [0.2, 0.25) is 0 Å². The summed E-state index contributed by atoms with van der Waals surface area (Å²) < 4.78 is 461. The molecule has 2 aromatic carbocycles. The van der Waals surface area contributed by atoms with Crippen molar-refractivity contribution in [3.05, 3.63) is 82.9 Å². The normalized spacial score (nSPS) is 16.0. The van der Waals surface area contributed by atoms with E-state index in [1.807, 2.05) is 0 Å². The van der Waals surface area contributed by atoms with E-state index >= 15 is 0 Å². The molecule has 0 aliphatic carbocycles. The summed E-state index contributed by atoms with van der Waals surface area (Å²) in [5, 5.41) is 0. The van der Waals surface area contributed by atoms with Gasteiger partial charge in [-0.15, -0.1) is 0 Å². The molecule has 1 nitrogen and oxygen atoms in total. The van der Waals surface area contributed by atoms with Gasteiger partial charge in [-0.1, -0.05) is 60.7 Å². The molecule has 0 aromatic heterocycles. The van der Waals surface area contributed by atoms with Gasteiger partial charge in [0.05, 0.1) is 0 Å². The quantitative estimate of drug-likeness (QED) is 0.107. The molecule has 0 spiro atoms. The average molecular weight is 1070 g/mol. The lowest BCUT2D eigenvalue weighted by Gasteiger charge is -2.42. The van der Waals surface area contributed by atoms with E-state index in [1.54, 1.807) is 0 Å². The molecule has 0 aliphatic heterocycles. The maximum Gasteiger partial charge on any atom is 0.460 e. The molecule has 0 saturated carbocycles. The molecule has 35 heteroatoms. The second-order valence-corrected chi connectivity index (χ2v) is 13.4. The zero-order chi connectivity index (χ0) is 54.4. The fourth-order valence-electron chi connectivity index (χ4n) is 4.71. The van der Waals surface area contributed by atoms with Gasteiger partial charge in [0.25, 0.3) is 0 Å². The Morgan fingerprint density at radius 1 is 0.265 bits per heavy atom. The highest BCUT2D eigenvalue weighted by atomic mass is 19.4. The minimum Gasteiger partial charge on any atom is -0.290 e. The van der Waals surface area contributed by atoms with E-state index in [9.17, 15) is 154 Å². The summed E-state index contributed by atoms with van der Waals surface area (Å²) in [6.07, 6.45) is -14.7. The van der Waals surface area contributed by atoms with Crippen molar-refractivity contribution in [2.45, 2.75) is 95.3 Å².